The second kappa shape index (κ2) is 5.01. The number of carboxylic acid groups (broad SMARTS) is 1. The molecule has 2 saturated heterocycles. The third-order valence-corrected chi connectivity index (χ3v) is 3.47. The zero-order chi connectivity index (χ0) is 12.4. The maximum atomic E-state index is 12.0. The van der Waals surface area contributed by atoms with Gasteiger partial charge in [-0.1, -0.05) is 0 Å². The van der Waals surface area contributed by atoms with E-state index in [0.717, 1.165) is 19.4 Å². The van der Waals surface area contributed by atoms with Crippen molar-refractivity contribution in [3.05, 3.63) is 0 Å². The number of carbonyl (C=O) groups excluding carboxylic acids is 1. The lowest BCUT2D eigenvalue weighted by atomic mass is 10.1. The average Bonchev–Trinajstić information content (AvgIpc) is 2.86. The molecule has 2 aliphatic heterocycles. The standard InChI is InChI=1S/C11H18N2O4/c14-8-5-9(11(16)17)13(6-8)10(15)4-7-2-1-3-12-7/h7-9,12,14H,1-6H2,(H,16,17). The third-order valence-electron chi connectivity index (χ3n) is 3.47. The number of aliphatic hydroxyl groups is 1. The number of hydrogen-bond acceptors (Lipinski definition) is 4. The van der Waals surface area contributed by atoms with Gasteiger partial charge in [-0.2, -0.15) is 0 Å². The molecule has 2 rings (SSSR count). The minimum atomic E-state index is -1.03. The lowest BCUT2D eigenvalue weighted by Gasteiger charge is -2.22. The topological polar surface area (TPSA) is 89.9 Å². The predicted octanol–water partition coefficient (Wildman–Crippen LogP) is -0.825. The summed E-state index contributed by atoms with van der Waals surface area (Å²) in [5, 5.41) is 21.7. The number of carbonyl (C=O) groups is 2. The van der Waals surface area contributed by atoms with Crippen LogP contribution in [0.15, 0.2) is 0 Å². The number of likely N-dealkylation sites (tertiary alicyclic amines) is 1. The van der Waals surface area contributed by atoms with Crippen molar-refractivity contribution >= 4 is 11.9 Å². The fourth-order valence-corrected chi connectivity index (χ4v) is 2.58. The van der Waals surface area contributed by atoms with Crippen molar-refractivity contribution in [1.82, 2.24) is 10.2 Å². The van der Waals surface area contributed by atoms with Crippen molar-refractivity contribution in [1.29, 1.82) is 0 Å². The van der Waals surface area contributed by atoms with Crippen LogP contribution in [-0.2, 0) is 9.59 Å². The molecule has 3 unspecified atom stereocenters. The van der Waals surface area contributed by atoms with Crippen LogP contribution in [0.1, 0.15) is 25.7 Å². The summed E-state index contributed by atoms with van der Waals surface area (Å²) >= 11 is 0. The van der Waals surface area contributed by atoms with E-state index in [1.807, 2.05) is 0 Å². The maximum absolute atomic E-state index is 12.0. The van der Waals surface area contributed by atoms with Crippen LogP contribution in [0.3, 0.4) is 0 Å². The molecule has 3 atom stereocenters. The molecule has 0 radical (unpaired) electrons. The van der Waals surface area contributed by atoms with Crippen LogP contribution in [-0.4, -0.2) is 58.3 Å². The fraction of sp³-hybridized carbons (Fsp3) is 0.818. The van der Waals surface area contributed by atoms with Gasteiger partial charge in [0.25, 0.3) is 0 Å². The second-order valence-electron chi connectivity index (χ2n) is 4.79. The van der Waals surface area contributed by atoms with Gasteiger partial charge in [-0.15, -0.1) is 0 Å². The summed E-state index contributed by atoms with van der Waals surface area (Å²) < 4.78 is 0. The van der Waals surface area contributed by atoms with E-state index in [0.29, 0.717) is 6.42 Å². The van der Waals surface area contributed by atoms with Crippen LogP contribution < -0.4 is 5.32 Å². The first-order chi connectivity index (χ1) is 8.08. The Kier molecular flexibility index (Phi) is 3.63. The van der Waals surface area contributed by atoms with Crippen molar-refractivity contribution in [3.8, 4) is 0 Å². The number of rotatable bonds is 3. The molecule has 0 aliphatic carbocycles. The number of nitrogens with one attached hydrogen (secondary N) is 1. The van der Waals surface area contributed by atoms with Crippen LogP contribution in [0.25, 0.3) is 0 Å². The molecule has 2 aliphatic rings. The zero-order valence-electron chi connectivity index (χ0n) is 9.63. The first-order valence-corrected chi connectivity index (χ1v) is 6.01. The van der Waals surface area contributed by atoms with E-state index in [1.165, 1.54) is 4.90 Å². The van der Waals surface area contributed by atoms with Crippen molar-refractivity contribution in [2.75, 3.05) is 13.1 Å². The van der Waals surface area contributed by atoms with E-state index in [4.69, 9.17) is 5.11 Å². The number of hydrogen-bond donors (Lipinski definition) is 3. The molecule has 2 fully saturated rings. The van der Waals surface area contributed by atoms with E-state index in [1.54, 1.807) is 0 Å². The van der Waals surface area contributed by atoms with E-state index >= 15 is 0 Å². The average molecular weight is 242 g/mol. The number of amides is 1. The highest BCUT2D eigenvalue weighted by atomic mass is 16.4. The summed E-state index contributed by atoms with van der Waals surface area (Å²) in [6.45, 7) is 1.06. The minimum Gasteiger partial charge on any atom is -0.480 e. The lowest BCUT2D eigenvalue weighted by Crippen LogP contribution is -2.42. The normalized spacial score (nSPS) is 33.0. The Balaban J connectivity index is 1.94. The Morgan fingerprint density at radius 3 is 2.76 bits per heavy atom. The SMILES string of the molecule is O=C(O)C1CC(O)CN1C(=O)CC1CCCN1. The van der Waals surface area contributed by atoms with Crippen molar-refractivity contribution in [2.24, 2.45) is 0 Å². The molecule has 0 aromatic rings. The second-order valence-corrected chi connectivity index (χ2v) is 4.79. The molecule has 17 heavy (non-hydrogen) atoms. The molecule has 96 valence electrons. The molecule has 0 bridgehead atoms. The molecule has 0 saturated carbocycles. The zero-order valence-corrected chi connectivity index (χ0v) is 9.63. The van der Waals surface area contributed by atoms with Gasteiger partial charge >= 0.3 is 5.97 Å². The summed E-state index contributed by atoms with van der Waals surface area (Å²) in [5.41, 5.74) is 0. The van der Waals surface area contributed by atoms with E-state index < -0.39 is 18.1 Å². The van der Waals surface area contributed by atoms with E-state index in [-0.39, 0.29) is 24.9 Å². The molecule has 2 heterocycles. The monoisotopic (exact) mass is 242 g/mol. The minimum absolute atomic E-state index is 0.138. The Morgan fingerprint density at radius 1 is 1.41 bits per heavy atom. The van der Waals surface area contributed by atoms with Gasteiger partial charge in [-0.05, 0) is 19.4 Å². The molecule has 1 amide bonds. The molecular formula is C11H18N2O4. The fourth-order valence-electron chi connectivity index (χ4n) is 2.58. The molecular weight excluding hydrogens is 224 g/mol. The van der Waals surface area contributed by atoms with Gasteiger partial charge in [0.2, 0.25) is 5.91 Å². The van der Waals surface area contributed by atoms with Gasteiger partial charge in [-0.3, -0.25) is 4.79 Å². The van der Waals surface area contributed by atoms with Gasteiger partial charge < -0.3 is 20.4 Å². The number of β-amino-alcohol motifs (C(OH)–C–C–N with tert-alkyl or cyclic N) is 1. The van der Waals surface area contributed by atoms with Crippen molar-refractivity contribution in [3.63, 3.8) is 0 Å². The number of aliphatic hydroxyl groups excluding tert-OH is 1. The molecule has 3 N–H and O–H groups in total. The van der Waals surface area contributed by atoms with Crippen LogP contribution in [0.4, 0.5) is 0 Å². The predicted molar refractivity (Wildman–Crippen MR) is 59.4 cm³/mol. The first-order valence-electron chi connectivity index (χ1n) is 6.01. The van der Waals surface area contributed by atoms with E-state index in [2.05, 4.69) is 5.32 Å². The third kappa shape index (κ3) is 2.76. The quantitative estimate of drug-likeness (QED) is 0.601. The molecule has 6 heteroatoms. The largest absolute Gasteiger partial charge is 0.480 e. The highest BCUT2D eigenvalue weighted by Crippen LogP contribution is 2.20. The smallest absolute Gasteiger partial charge is 0.326 e. The van der Waals surface area contributed by atoms with Crippen molar-refractivity contribution in [2.45, 2.75) is 43.9 Å². The van der Waals surface area contributed by atoms with Gasteiger partial charge in [0.15, 0.2) is 0 Å². The molecule has 0 spiro atoms. The number of carboxylic acids is 1. The van der Waals surface area contributed by atoms with Crippen LogP contribution in [0.2, 0.25) is 0 Å². The van der Waals surface area contributed by atoms with E-state index in [9.17, 15) is 14.7 Å². The number of nitrogens with zero attached hydrogens (tertiary/aromatic N) is 1. The summed E-state index contributed by atoms with van der Waals surface area (Å²) in [4.78, 5) is 24.3. The van der Waals surface area contributed by atoms with Gasteiger partial charge in [0.05, 0.1) is 6.10 Å². The van der Waals surface area contributed by atoms with Crippen LogP contribution in [0.5, 0.6) is 0 Å². The van der Waals surface area contributed by atoms with Gasteiger partial charge in [0, 0.05) is 25.4 Å². The van der Waals surface area contributed by atoms with Gasteiger partial charge in [-0.25, -0.2) is 4.79 Å². The van der Waals surface area contributed by atoms with Gasteiger partial charge in [0.1, 0.15) is 6.04 Å². The highest BCUT2D eigenvalue weighted by Gasteiger charge is 2.39. The Bertz CT molecular complexity index is 315. The van der Waals surface area contributed by atoms with Crippen molar-refractivity contribution < 1.29 is 19.8 Å². The number of aliphatic carboxylic acids is 1. The van der Waals surface area contributed by atoms with Crippen LogP contribution >= 0.6 is 0 Å². The summed E-state index contributed by atoms with van der Waals surface area (Å²) in [7, 11) is 0. The van der Waals surface area contributed by atoms with Crippen LogP contribution in [0, 0.1) is 0 Å². The highest BCUT2D eigenvalue weighted by molar-refractivity contribution is 5.84. The summed E-state index contributed by atoms with van der Waals surface area (Å²) in [6, 6.07) is -0.700. The summed E-state index contributed by atoms with van der Waals surface area (Å²) in [6.07, 6.45) is 1.77. The molecule has 0 aromatic heterocycles. The Hall–Kier alpha value is -1.14. The first kappa shape index (κ1) is 12.3. The maximum Gasteiger partial charge on any atom is 0.326 e. The molecule has 0 aromatic carbocycles. The molecule has 6 nitrogen and oxygen atoms in total. The lowest BCUT2D eigenvalue weighted by molar-refractivity contribution is -0.148. The Labute approximate surface area is 99.6 Å². The Morgan fingerprint density at radius 2 is 2.18 bits per heavy atom. The summed E-state index contributed by atoms with van der Waals surface area (Å²) in [5.74, 6) is -1.21.